The van der Waals surface area contributed by atoms with E-state index < -0.39 is 16.1 Å². The molecular weight excluding hydrogens is 320 g/mol. The van der Waals surface area contributed by atoms with Crippen LogP contribution in [0.4, 0.5) is 0 Å². The van der Waals surface area contributed by atoms with Crippen molar-refractivity contribution in [3.8, 4) is 11.5 Å². The number of hydrogen-bond acceptors (Lipinski definition) is 5. The maximum atomic E-state index is 12.6. The molecule has 0 bridgehead atoms. The number of rotatable bonds is 3. The molecule has 0 spiro atoms. The number of para-hydroxylation sites is 2. The normalized spacial score (nSPS) is 24.3. The fourth-order valence-corrected chi connectivity index (χ4v) is 3.72. The molecule has 1 aromatic carbocycles. The minimum atomic E-state index is -3.28. The average Bonchev–Trinajstić information content (AvgIpc) is 2.52. The Morgan fingerprint density at radius 3 is 2.78 bits per heavy atom. The van der Waals surface area contributed by atoms with Gasteiger partial charge in [-0.3, -0.25) is 4.79 Å². The van der Waals surface area contributed by atoms with Crippen molar-refractivity contribution in [2.24, 2.45) is 0 Å². The first-order chi connectivity index (χ1) is 10.9. The van der Waals surface area contributed by atoms with Crippen molar-refractivity contribution in [2.75, 3.05) is 26.0 Å². The van der Waals surface area contributed by atoms with Crippen LogP contribution in [0.25, 0.3) is 0 Å². The van der Waals surface area contributed by atoms with Crippen LogP contribution in [0.3, 0.4) is 0 Å². The summed E-state index contributed by atoms with van der Waals surface area (Å²) in [5.74, 6) is 1.02. The van der Waals surface area contributed by atoms with Crippen LogP contribution >= 0.6 is 0 Å². The van der Waals surface area contributed by atoms with Crippen molar-refractivity contribution < 1.29 is 22.7 Å². The van der Waals surface area contributed by atoms with Gasteiger partial charge in [-0.1, -0.05) is 12.1 Å². The minimum Gasteiger partial charge on any atom is -0.485 e. The van der Waals surface area contributed by atoms with Gasteiger partial charge in [0.25, 0.3) is 5.91 Å². The summed E-state index contributed by atoms with van der Waals surface area (Å²) in [5, 5.41) is 0. The summed E-state index contributed by atoms with van der Waals surface area (Å²) in [6.45, 7) is 1.12. The van der Waals surface area contributed by atoms with Crippen LogP contribution in [0.5, 0.6) is 11.5 Å². The third-order valence-electron chi connectivity index (χ3n) is 3.90. The number of hydrogen-bond donors (Lipinski definition) is 1. The third kappa shape index (κ3) is 3.94. The summed E-state index contributed by atoms with van der Waals surface area (Å²) in [7, 11) is -3.28. The van der Waals surface area contributed by atoms with E-state index in [2.05, 4.69) is 4.72 Å². The number of sulfonamides is 1. The average molecular weight is 340 g/mol. The van der Waals surface area contributed by atoms with Crippen LogP contribution in [-0.2, 0) is 14.8 Å². The predicted molar refractivity (Wildman–Crippen MR) is 83.9 cm³/mol. The van der Waals surface area contributed by atoms with Gasteiger partial charge >= 0.3 is 0 Å². The second-order valence-corrected chi connectivity index (χ2v) is 7.66. The zero-order valence-electron chi connectivity index (χ0n) is 12.9. The highest BCUT2D eigenvalue weighted by Crippen LogP contribution is 2.31. The molecule has 0 radical (unpaired) electrons. The van der Waals surface area contributed by atoms with Crippen molar-refractivity contribution in [1.82, 2.24) is 9.62 Å². The number of fused-ring (bicyclic) bond motifs is 1. The summed E-state index contributed by atoms with van der Waals surface area (Å²) in [4.78, 5) is 14.3. The van der Waals surface area contributed by atoms with Crippen LogP contribution in [-0.4, -0.2) is 57.3 Å². The molecule has 0 aliphatic carbocycles. The largest absolute Gasteiger partial charge is 0.485 e. The van der Waals surface area contributed by atoms with Crippen LogP contribution in [0, 0.1) is 0 Å². The van der Waals surface area contributed by atoms with Crippen molar-refractivity contribution >= 4 is 15.9 Å². The first-order valence-corrected chi connectivity index (χ1v) is 9.46. The summed E-state index contributed by atoms with van der Waals surface area (Å²) in [5.41, 5.74) is 0. The van der Waals surface area contributed by atoms with Gasteiger partial charge in [-0.05, 0) is 25.0 Å². The number of nitrogens with one attached hydrogen (secondary N) is 1. The highest BCUT2D eigenvalue weighted by molar-refractivity contribution is 7.88. The Labute approximate surface area is 135 Å². The lowest BCUT2D eigenvalue weighted by Crippen LogP contribution is -2.54. The zero-order chi connectivity index (χ0) is 16.4. The Kier molecular flexibility index (Phi) is 4.45. The molecule has 1 N–H and O–H groups in total. The molecule has 2 atom stereocenters. The van der Waals surface area contributed by atoms with Crippen molar-refractivity contribution in [1.29, 1.82) is 0 Å². The number of carbonyl (C=O) groups is 1. The summed E-state index contributed by atoms with van der Waals surface area (Å²) in [6, 6.07) is 6.97. The number of piperidine rings is 1. The highest BCUT2D eigenvalue weighted by atomic mass is 32.2. The molecule has 0 saturated carbocycles. The lowest BCUT2D eigenvalue weighted by molar-refractivity contribution is -0.142. The monoisotopic (exact) mass is 340 g/mol. The fraction of sp³-hybridized carbons (Fsp3) is 0.533. The number of carbonyl (C=O) groups excluding carboxylic acids is 1. The molecule has 2 aliphatic rings. The fourth-order valence-electron chi connectivity index (χ4n) is 2.92. The molecule has 2 aliphatic heterocycles. The summed E-state index contributed by atoms with van der Waals surface area (Å²) in [6.07, 6.45) is 1.91. The van der Waals surface area contributed by atoms with Crippen molar-refractivity contribution in [3.05, 3.63) is 24.3 Å². The van der Waals surface area contributed by atoms with Crippen LogP contribution < -0.4 is 14.2 Å². The number of amides is 1. The quantitative estimate of drug-likeness (QED) is 0.859. The lowest BCUT2D eigenvalue weighted by atomic mass is 10.1. The van der Waals surface area contributed by atoms with E-state index in [-0.39, 0.29) is 18.6 Å². The maximum Gasteiger partial charge on any atom is 0.267 e. The molecule has 1 fully saturated rings. The van der Waals surface area contributed by atoms with Crippen molar-refractivity contribution in [3.63, 3.8) is 0 Å². The SMILES string of the molecule is CS(=O)(=O)N[C@H]1CCCN(C(=O)[C@H]2COc3ccccc3O2)C1. The second kappa shape index (κ2) is 6.37. The molecule has 8 heteroatoms. The Morgan fingerprint density at radius 1 is 1.30 bits per heavy atom. The predicted octanol–water partition coefficient (Wildman–Crippen LogP) is 0.367. The second-order valence-electron chi connectivity index (χ2n) is 5.88. The van der Waals surface area contributed by atoms with Gasteiger partial charge in [-0.2, -0.15) is 0 Å². The Balaban J connectivity index is 1.64. The van der Waals surface area contributed by atoms with Gasteiger partial charge in [0.1, 0.15) is 6.61 Å². The van der Waals surface area contributed by atoms with E-state index in [0.717, 1.165) is 19.1 Å². The smallest absolute Gasteiger partial charge is 0.267 e. The Hall–Kier alpha value is -1.80. The minimum absolute atomic E-state index is 0.163. The first kappa shape index (κ1) is 16.1. The van der Waals surface area contributed by atoms with Crippen LogP contribution in [0.1, 0.15) is 12.8 Å². The van der Waals surface area contributed by atoms with E-state index in [4.69, 9.17) is 9.47 Å². The number of nitrogens with zero attached hydrogens (tertiary/aromatic N) is 1. The Morgan fingerprint density at radius 2 is 2.04 bits per heavy atom. The van der Waals surface area contributed by atoms with Gasteiger partial charge in [-0.15, -0.1) is 0 Å². The molecule has 3 rings (SSSR count). The van der Waals surface area contributed by atoms with Crippen LogP contribution in [0.2, 0.25) is 0 Å². The highest BCUT2D eigenvalue weighted by Gasteiger charge is 2.34. The third-order valence-corrected chi connectivity index (χ3v) is 4.66. The zero-order valence-corrected chi connectivity index (χ0v) is 13.7. The molecular formula is C15H20N2O5S. The van der Waals surface area contributed by atoms with Crippen molar-refractivity contribution in [2.45, 2.75) is 25.0 Å². The van der Waals surface area contributed by atoms with E-state index in [9.17, 15) is 13.2 Å². The van der Waals surface area contributed by atoms with Gasteiger partial charge in [-0.25, -0.2) is 13.1 Å². The molecule has 2 heterocycles. The number of ether oxygens (including phenoxy) is 2. The molecule has 126 valence electrons. The van der Waals surface area contributed by atoms with Gasteiger partial charge in [0.2, 0.25) is 16.1 Å². The van der Waals surface area contributed by atoms with E-state index in [1.54, 1.807) is 17.0 Å². The lowest BCUT2D eigenvalue weighted by Gasteiger charge is -2.36. The molecule has 0 aromatic heterocycles. The molecule has 23 heavy (non-hydrogen) atoms. The van der Waals surface area contributed by atoms with Crippen LogP contribution in [0.15, 0.2) is 24.3 Å². The van der Waals surface area contributed by atoms with E-state index in [1.807, 2.05) is 12.1 Å². The molecule has 7 nitrogen and oxygen atoms in total. The van der Waals surface area contributed by atoms with Gasteiger partial charge in [0.15, 0.2) is 11.5 Å². The van der Waals surface area contributed by atoms with E-state index in [1.165, 1.54) is 0 Å². The molecule has 1 aromatic rings. The van der Waals surface area contributed by atoms with Gasteiger partial charge < -0.3 is 14.4 Å². The number of benzene rings is 1. The Bertz CT molecular complexity index is 691. The molecule has 1 amide bonds. The summed E-state index contributed by atoms with van der Waals surface area (Å²) >= 11 is 0. The van der Waals surface area contributed by atoms with E-state index in [0.29, 0.717) is 24.6 Å². The number of likely N-dealkylation sites (tertiary alicyclic amines) is 1. The van der Waals surface area contributed by atoms with Gasteiger partial charge in [0, 0.05) is 19.1 Å². The van der Waals surface area contributed by atoms with Gasteiger partial charge in [0.05, 0.1) is 6.26 Å². The summed E-state index contributed by atoms with van der Waals surface area (Å²) < 4.78 is 36.6. The maximum absolute atomic E-state index is 12.6. The molecule has 0 unspecified atom stereocenters. The molecule has 1 saturated heterocycles. The topological polar surface area (TPSA) is 84.9 Å². The first-order valence-electron chi connectivity index (χ1n) is 7.57. The standard InChI is InChI=1S/C15H20N2O5S/c1-23(19,20)16-11-5-4-8-17(9-11)15(18)14-10-21-12-6-2-3-7-13(12)22-14/h2-3,6-7,11,14,16H,4-5,8-10H2,1H3/t11-,14+/m0/s1. The van der Waals surface area contributed by atoms with E-state index >= 15 is 0 Å².